The Labute approximate surface area is 130 Å². The van der Waals surface area contributed by atoms with E-state index in [1.54, 1.807) is 38.5 Å². The summed E-state index contributed by atoms with van der Waals surface area (Å²) in [7, 11) is 0. The molecule has 0 amide bonds. The molecule has 1 nitrogen and oxygen atoms in total. The predicted octanol–water partition coefficient (Wildman–Crippen LogP) is 4.39. The molecule has 4 atom stereocenters. The third-order valence-electron chi connectivity index (χ3n) is 8.11. The summed E-state index contributed by atoms with van der Waals surface area (Å²) >= 11 is 0. The Morgan fingerprint density at radius 1 is 0.952 bits per heavy atom. The average Bonchev–Trinajstić information content (AvgIpc) is 3.05. The second kappa shape index (κ2) is 4.60. The van der Waals surface area contributed by atoms with E-state index in [-0.39, 0.29) is 0 Å². The quantitative estimate of drug-likeness (QED) is 0.755. The van der Waals surface area contributed by atoms with Crippen LogP contribution in [0.15, 0.2) is 12.2 Å². The van der Waals surface area contributed by atoms with Crippen LogP contribution in [0.1, 0.15) is 58.3 Å². The van der Waals surface area contributed by atoms with Gasteiger partial charge in [0.25, 0.3) is 0 Å². The fourth-order valence-corrected chi connectivity index (χ4v) is 7.38. The van der Waals surface area contributed by atoms with Crippen LogP contribution in [0.25, 0.3) is 0 Å². The molecule has 0 spiro atoms. The van der Waals surface area contributed by atoms with Gasteiger partial charge < -0.3 is 5.32 Å². The summed E-state index contributed by atoms with van der Waals surface area (Å²) in [4.78, 5) is 0. The summed E-state index contributed by atoms with van der Waals surface area (Å²) in [5, 5.41) is 4.03. The van der Waals surface area contributed by atoms with Crippen molar-refractivity contribution < 1.29 is 0 Å². The number of nitrogens with one attached hydrogen (secondary N) is 1. The van der Waals surface area contributed by atoms with Gasteiger partial charge in [0.1, 0.15) is 0 Å². The van der Waals surface area contributed by atoms with Crippen molar-refractivity contribution in [2.75, 3.05) is 6.54 Å². The molecule has 6 aliphatic rings. The molecule has 6 rings (SSSR count). The summed E-state index contributed by atoms with van der Waals surface area (Å²) in [5.41, 5.74) is 0.683. The fraction of sp³-hybridized carbons (Fsp3) is 0.900. The maximum atomic E-state index is 4.03. The molecule has 0 aromatic heterocycles. The van der Waals surface area contributed by atoms with Crippen LogP contribution in [0.4, 0.5) is 0 Å². The number of hydrogen-bond donors (Lipinski definition) is 1. The highest BCUT2D eigenvalue weighted by molar-refractivity contribution is 5.11. The van der Waals surface area contributed by atoms with Gasteiger partial charge in [-0.1, -0.05) is 12.2 Å². The van der Waals surface area contributed by atoms with Crippen molar-refractivity contribution >= 4 is 0 Å². The normalized spacial score (nSPS) is 54.5. The van der Waals surface area contributed by atoms with E-state index in [0.29, 0.717) is 5.41 Å². The number of rotatable bonds is 4. The number of allylic oxidation sites excluding steroid dienone is 2. The summed E-state index contributed by atoms with van der Waals surface area (Å²) in [6, 6.07) is 0.758. The first-order valence-electron chi connectivity index (χ1n) is 9.62. The van der Waals surface area contributed by atoms with Crippen molar-refractivity contribution in [3.05, 3.63) is 12.2 Å². The molecule has 21 heavy (non-hydrogen) atoms. The minimum Gasteiger partial charge on any atom is -0.313 e. The SMILES string of the molecule is CC(NCC1CC2C=CC1C2)C12CC3CC(CC(C3)C1)C2. The zero-order valence-electron chi connectivity index (χ0n) is 13.6. The van der Waals surface area contributed by atoms with Crippen LogP contribution in [0.2, 0.25) is 0 Å². The largest absolute Gasteiger partial charge is 0.313 e. The van der Waals surface area contributed by atoms with Crippen LogP contribution in [0.3, 0.4) is 0 Å². The molecule has 0 saturated heterocycles. The maximum absolute atomic E-state index is 4.03. The Balaban J connectivity index is 1.24. The third-order valence-corrected chi connectivity index (χ3v) is 8.11. The summed E-state index contributed by atoms with van der Waals surface area (Å²) < 4.78 is 0. The van der Waals surface area contributed by atoms with Gasteiger partial charge in [-0.3, -0.25) is 0 Å². The summed E-state index contributed by atoms with van der Waals surface area (Å²) in [6.45, 7) is 3.81. The van der Waals surface area contributed by atoms with Gasteiger partial charge in [0, 0.05) is 6.04 Å². The monoisotopic (exact) mass is 285 g/mol. The lowest BCUT2D eigenvalue weighted by molar-refractivity contribution is -0.0709. The van der Waals surface area contributed by atoms with Crippen molar-refractivity contribution in [3.63, 3.8) is 0 Å². The smallest absolute Gasteiger partial charge is 0.00956 e. The molecule has 0 aliphatic heterocycles. The van der Waals surface area contributed by atoms with Gasteiger partial charge >= 0.3 is 0 Å². The molecular formula is C20H31N. The van der Waals surface area contributed by atoms with Crippen LogP contribution >= 0.6 is 0 Å². The molecule has 1 heteroatoms. The molecule has 0 aromatic carbocycles. The Kier molecular flexibility index (Phi) is 2.88. The number of hydrogen-bond acceptors (Lipinski definition) is 1. The first-order valence-corrected chi connectivity index (χ1v) is 9.62. The average molecular weight is 285 g/mol. The van der Waals surface area contributed by atoms with Crippen molar-refractivity contribution in [2.24, 2.45) is 40.9 Å². The predicted molar refractivity (Wildman–Crippen MR) is 86.9 cm³/mol. The van der Waals surface area contributed by atoms with Crippen LogP contribution < -0.4 is 5.32 Å². The molecule has 116 valence electrons. The maximum Gasteiger partial charge on any atom is 0.00956 e. The highest BCUT2D eigenvalue weighted by Gasteiger charge is 2.53. The molecule has 5 saturated carbocycles. The fourth-order valence-electron chi connectivity index (χ4n) is 7.38. The highest BCUT2D eigenvalue weighted by atomic mass is 14.9. The molecular weight excluding hydrogens is 254 g/mol. The standard InChI is InChI=1S/C20H31N/c1-13(21-12-19-8-14-2-3-18(19)7-14)20-9-15-4-16(10-20)6-17(5-15)11-20/h2-3,13-19,21H,4-12H2,1H3. The Bertz CT molecular complexity index is 415. The van der Waals surface area contributed by atoms with E-state index in [9.17, 15) is 0 Å². The first kappa shape index (κ1) is 13.2. The number of fused-ring (bicyclic) bond motifs is 2. The third kappa shape index (κ3) is 2.06. The van der Waals surface area contributed by atoms with Gasteiger partial charge in [-0.25, -0.2) is 0 Å². The lowest BCUT2D eigenvalue weighted by atomic mass is 9.48. The van der Waals surface area contributed by atoms with E-state index in [0.717, 1.165) is 41.5 Å². The van der Waals surface area contributed by atoms with Crippen LogP contribution in [-0.4, -0.2) is 12.6 Å². The molecule has 0 heterocycles. The van der Waals surface area contributed by atoms with E-state index < -0.39 is 0 Å². The summed E-state index contributed by atoms with van der Waals surface area (Å²) in [6.07, 6.45) is 17.3. The van der Waals surface area contributed by atoms with E-state index in [1.165, 1.54) is 19.4 Å². The Morgan fingerprint density at radius 2 is 1.62 bits per heavy atom. The van der Waals surface area contributed by atoms with Crippen molar-refractivity contribution in [1.29, 1.82) is 0 Å². The second-order valence-electron chi connectivity index (χ2n) is 9.45. The zero-order valence-corrected chi connectivity index (χ0v) is 13.6. The topological polar surface area (TPSA) is 12.0 Å². The van der Waals surface area contributed by atoms with Gasteiger partial charge in [-0.15, -0.1) is 0 Å². The van der Waals surface area contributed by atoms with Crippen LogP contribution in [0, 0.1) is 40.9 Å². The van der Waals surface area contributed by atoms with E-state index in [1.807, 2.05) is 0 Å². The minimum atomic E-state index is 0.683. The van der Waals surface area contributed by atoms with Crippen LogP contribution in [0.5, 0.6) is 0 Å². The molecule has 4 unspecified atom stereocenters. The summed E-state index contributed by atoms with van der Waals surface area (Å²) in [5.74, 6) is 6.04. The van der Waals surface area contributed by atoms with Gasteiger partial charge in [-0.05, 0) is 106 Å². The van der Waals surface area contributed by atoms with Crippen molar-refractivity contribution in [2.45, 2.75) is 64.3 Å². The Morgan fingerprint density at radius 3 is 2.14 bits per heavy atom. The molecule has 6 aliphatic carbocycles. The highest BCUT2D eigenvalue weighted by Crippen LogP contribution is 2.61. The van der Waals surface area contributed by atoms with Gasteiger partial charge in [0.15, 0.2) is 0 Å². The molecule has 5 fully saturated rings. The van der Waals surface area contributed by atoms with Gasteiger partial charge in [0.05, 0.1) is 0 Å². The van der Waals surface area contributed by atoms with Gasteiger partial charge in [-0.2, -0.15) is 0 Å². The lowest BCUT2D eigenvalue weighted by Crippen LogP contribution is -2.55. The van der Waals surface area contributed by atoms with Crippen molar-refractivity contribution in [3.8, 4) is 0 Å². The molecule has 0 radical (unpaired) electrons. The molecule has 1 N–H and O–H groups in total. The van der Waals surface area contributed by atoms with E-state index >= 15 is 0 Å². The van der Waals surface area contributed by atoms with Gasteiger partial charge in [0.2, 0.25) is 0 Å². The van der Waals surface area contributed by atoms with E-state index in [2.05, 4.69) is 24.4 Å². The zero-order chi connectivity index (χ0) is 14.0. The minimum absolute atomic E-state index is 0.683. The molecule has 6 bridgehead atoms. The van der Waals surface area contributed by atoms with E-state index in [4.69, 9.17) is 0 Å². The first-order chi connectivity index (χ1) is 10.2. The van der Waals surface area contributed by atoms with Crippen molar-refractivity contribution in [1.82, 2.24) is 5.32 Å². The lowest BCUT2D eigenvalue weighted by Gasteiger charge is -2.59. The Hall–Kier alpha value is -0.300. The second-order valence-corrected chi connectivity index (χ2v) is 9.45. The van der Waals surface area contributed by atoms with Crippen LogP contribution in [-0.2, 0) is 0 Å². The molecule has 0 aromatic rings.